The SMILES string of the molecule is CCCCNc1nc(NC(=O)c2ccc(C3CCCCC3)cc2)nc2c1ncn2CC(=O)O. The number of aliphatic carboxylic acids is 1. The van der Waals surface area contributed by atoms with Crippen molar-refractivity contribution in [2.45, 2.75) is 64.3 Å². The maximum absolute atomic E-state index is 12.9. The quantitative estimate of drug-likeness (QED) is 0.412. The van der Waals surface area contributed by atoms with Gasteiger partial charge < -0.3 is 15.0 Å². The van der Waals surface area contributed by atoms with Crippen molar-refractivity contribution in [3.8, 4) is 0 Å². The molecule has 3 N–H and O–H groups in total. The molecule has 2 heterocycles. The number of hydrogen-bond acceptors (Lipinski definition) is 6. The summed E-state index contributed by atoms with van der Waals surface area (Å²) in [5, 5.41) is 15.2. The van der Waals surface area contributed by atoms with Gasteiger partial charge in [-0.15, -0.1) is 0 Å². The normalized spacial score (nSPS) is 14.3. The van der Waals surface area contributed by atoms with Crippen LogP contribution in [0.5, 0.6) is 0 Å². The van der Waals surface area contributed by atoms with Crippen LogP contribution in [0.2, 0.25) is 0 Å². The second kappa shape index (κ2) is 10.4. The zero-order valence-electron chi connectivity index (χ0n) is 18.9. The predicted molar refractivity (Wildman–Crippen MR) is 127 cm³/mol. The van der Waals surface area contributed by atoms with E-state index in [1.807, 2.05) is 24.3 Å². The zero-order chi connectivity index (χ0) is 23.2. The van der Waals surface area contributed by atoms with E-state index >= 15 is 0 Å². The second-order valence-corrected chi connectivity index (χ2v) is 8.53. The van der Waals surface area contributed by atoms with Gasteiger partial charge in [-0.05, 0) is 42.9 Å². The Balaban J connectivity index is 1.56. The van der Waals surface area contributed by atoms with Crippen LogP contribution in [0, 0.1) is 0 Å². The lowest BCUT2D eigenvalue weighted by Gasteiger charge is -2.22. The Morgan fingerprint density at radius 1 is 1.12 bits per heavy atom. The van der Waals surface area contributed by atoms with Crippen molar-refractivity contribution >= 4 is 34.8 Å². The van der Waals surface area contributed by atoms with Crippen molar-refractivity contribution in [2.24, 2.45) is 0 Å². The third-order valence-electron chi connectivity index (χ3n) is 6.07. The lowest BCUT2D eigenvalue weighted by atomic mass is 9.84. The number of nitrogens with one attached hydrogen (secondary N) is 2. The van der Waals surface area contributed by atoms with Gasteiger partial charge in [-0.25, -0.2) is 4.98 Å². The van der Waals surface area contributed by atoms with Crippen molar-refractivity contribution in [1.29, 1.82) is 0 Å². The summed E-state index contributed by atoms with van der Waals surface area (Å²) in [4.78, 5) is 37.2. The molecule has 33 heavy (non-hydrogen) atoms. The molecule has 1 saturated carbocycles. The Kier molecular flexibility index (Phi) is 7.16. The van der Waals surface area contributed by atoms with Gasteiger partial charge in [-0.3, -0.25) is 14.9 Å². The maximum Gasteiger partial charge on any atom is 0.323 e. The summed E-state index contributed by atoms with van der Waals surface area (Å²) in [6, 6.07) is 7.75. The first-order valence-electron chi connectivity index (χ1n) is 11.6. The van der Waals surface area contributed by atoms with E-state index in [1.54, 1.807) is 0 Å². The number of carboxylic acids is 1. The average Bonchev–Trinajstić information content (AvgIpc) is 3.22. The number of benzene rings is 1. The van der Waals surface area contributed by atoms with Crippen LogP contribution in [-0.4, -0.2) is 43.0 Å². The van der Waals surface area contributed by atoms with Gasteiger partial charge in [0.2, 0.25) is 5.95 Å². The molecule has 0 spiro atoms. The summed E-state index contributed by atoms with van der Waals surface area (Å²) in [5.74, 6) is -0.159. The van der Waals surface area contributed by atoms with Crippen LogP contribution in [0.15, 0.2) is 30.6 Å². The van der Waals surface area contributed by atoms with E-state index in [1.165, 1.54) is 48.6 Å². The lowest BCUT2D eigenvalue weighted by Crippen LogP contribution is -2.16. The van der Waals surface area contributed by atoms with E-state index in [0.29, 0.717) is 35.0 Å². The van der Waals surface area contributed by atoms with Crippen LogP contribution in [-0.2, 0) is 11.3 Å². The number of carboxylic acid groups (broad SMARTS) is 1. The molecular formula is C24H30N6O3. The fourth-order valence-electron chi connectivity index (χ4n) is 4.28. The monoisotopic (exact) mass is 450 g/mol. The number of anilines is 2. The first-order valence-corrected chi connectivity index (χ1v) is 11.6. The topological polar surface area (TPSA) is 122 Å². The molecule has 0 bridgehead atoms. The fraction of sp³-hybridized carbons (Fsp3) is 0.458. The summed E-state index contributed by atoms with van der Waals surface area (Å²) in [7, 11) is 0. The smallest absolute Gasteiger partial charge is 0.323 e. The molecule has 9 heteroatoms. The number of carbonyl (C=O) groups excluding carboxylic acids is 1. The molecule has 2 aromatic heterocycles. The first kappa shape index (κ1) is 22.7. The molecule has 0 aliphatic heterocycles. The van der Waals surface area contributed by atoms with Gasteiger partial charge in [0, 0.05) is 12.1 Å². The molecule has 4 rings (SSSR count). The van der Waals surface area contributed by atoms with E-state index < -0.39 is 5.97 Å². The standard InChI is InChI=1S/C24H30N6O3/c1-2-3-13-25-21-20-22(30(15-26-20)14-19(31)32)28-24(27-21)29-23(33)18-11-9-17(10-12-18)16-7-5-4-6-8-16/h9-12,15-16H,2-8,13-14H2,1H3,(H,31,32)(H2,25,27,28,29,33). The van der Waals surface area contributed by atoms with Crippen molar-refractivity contribution in [2.75, 3.05) is 17.2 Å². The molecule has 0 atom stereocenters. The van der Waals surface area contributed by atoms with Gasteiger partial charge in [-0.1, -0.05) is 44.7 Å². The fourth-order valence-corrected chi connectivity index (χ4v) is 4.28. The highest BCUT2D eigenvalue weighted by molar-refractivity contribution is 6.04. The van der Waals surface area contributed by atoms with Crippen molar-refractivity contribution in [3.63, 3.8) is 0 Å². The zero-order valence-corrected chi connectivity index (χ0v) is 18.9. The second-order valence-electron chi connectivity index (χ2n) is 8.53. The number of amides is 1. The summed E-state index contributed by atoms with van der Waals surface area (Å²) < 4.78 is 1.43. The van der Waals surface area contributed by atoms with Crippen LogP contribution in [0.4, 0.5) is 11.8 Å². The molecule has 1 fully saturated rings. The molecule has 1 aromatic carbocycles. The van der Waals surface area contributed by atoms with Crippen molar-refractivity contribution in [3.05, 3.63) is 41.7 Å². The number of nitrogens with zero attached hydrogens (tertiary/aromatic N) is 4. The molecule has 1 amide bonds. The number of aromatic nitrogens is 4. The lowest BCUT2D eigenvalue weighted by molar-refractivity contribution is -0.137. The predicted octanol–water partition coefficient (Wildman–Crippen LogP) is 4.42. The van der Waals surface area contributed by atoms with Gasteiger partial charge in [0.25, 0.3) is 5.91 Å². The van der Waals surface area contributed by atoms with Gasteiger partial charge in [0.1, 0.15) is 6.54 Å². The van der Waals surface area contributed by atoms with Gasteiger partial charge >= 0.3 is 5.97 Å². The summed E-state index contributed by atoms with van der Waals surface area (Å²) in [5.41, 5.74) is 2.64. The summed E-state index contributed by atoms with van der Waals surface area (Å²) in [6.07, 6.45) is 9.62. The highest BCUT2D eigenvalue weighted by Gasteiger charge is 2.18. The first-order chi connectivity index (χ1) is 16.0. The molecule has 3 aromatic rings. The Morgan fingerprint density at radius 3 is 2.58 bits per heavy atom. The summed E-state index contributed by atoms with van der Waals surface area (Å²) >= 11 is 0. The number of imidazole rings is 1. The Labute approximate surface area is 192 Å². The molecule has 0 radical (unpaired) electrons. The van der Waals surface area contributed by atoms with E-state index in [-0.39, 0.29) is 18.4 Å². The third kappa shape index (κ3) is 5.47. The Bertz CT molecular complexity index is 1120. The Morgan fingerprint density at radius 2 is 1.88 bits per heavy atom. The minimum Gasteiger partial charge on any atom is -0.480 e. The average molecular weight is 451 g/mol. The van der Waals surface area contributed by atoms with Gasteiger partial charge in [0.05, 0.1) is 6.33 Å². The molecule has 0 saturated heterocycles. The number of rotatable bonds is 9. The van der Waals surface area contributed by atoms with Crippen LogP contribution < -0.4 is 10.6 Å². The van der Waals surface area contributed by atoms with E-state index in [2.05, 4.69) is 32.5 Å². The van der Waals surface area contributed by atoms with Crippen molar-refractivity contribution < 1.29 is 14.7 Å². The molecule has 9 nitrogen and oxygen atoms in total. The molecule has 0 unspecified atom stereocenters. The van der Waals surface area contributed by atoms with E-state index in [0.717, 1.165) is 12.8 Å². The highest BCUT2D eigenvalue weighted by atomic mass is 16.4. The minimum atomic E-state index is -1.00. The maximum atomic E-state index is 12.9. The largest absolute Gasteiger partial charge is 0.480 e. The molecule has 1 aliphatic rings. The van der Waals surface area contributed by atoms with E-state index in [4.69, 9.17) is 0 Å². The third-order valence-corrected chi connectivity index (χ3v) is 6.07. The molecule has 1 aliphatic carbocycles. The summed E-state index contributed by atoms with van der Waals surface area (Å²) in [6.45, 7) is 2.49. The highest BCUT2D eigenvalue weighted by Crippen LogP contribution is 2.32. The van der Waals surface area contributed by atoms with Crippen LogP contribution >= 0.6 is 0 Å². The number of unbranched alkanes of at least 4 members (excludes halogenated alkanes) is 1. The van der Waals surface area contributed by atoms with Crippen LogP contribution in [0.1, 0.15) is 73.7 Å². The Hall–Kier alpha value is -3.49. The number of hydrogen-bond donors (Lipinski definition) is 3. The van der Waals surface area contributed by atoms with Crippen LogP contribution in [0.3, 0.4) is 0 Å². The van der Waals surface area contributed by atoms with Crippen molar-refractivity contribution in [1.82, 2.24) is 19.5 Å². The van der Waals surface area contributed by atoms with Gasteiger partial charge in [-0.2, -0.15) is 9.97 Å². The molecular weight excluding hydrogens is 420 g/mol. The minimum absolute atomic E-state index is 0.106. The van der Waals surface area contributed by atoms with E-state index in [9.17, 15) is 14.7 Å². The van der Waals surface area contributed by atoms with Crippen LogP contribution in [0.25, 0.3) is 11.2 Å². The van der Waals surface area contributed by atoms with Gasteiger partial charge in [0.15, 0.2) is 17.0 Å². The molecule has 174 valence electrons. The number of carbonyl (C=O) groups is 2. The number of fused-ring (bicyclic) bond motifs is 1.